The summed E-state index contributed by atoms with van der Waals surface area (Å²) >= 11 is 0. The van der Waals surface area contributed by atoms with Crippen molar-refractivity contribution in [1.82, 2.24) is 0 Å². The highest BCUT2D eigenvalue weighted by molar-refractivity contribution is 5.27. The highest BCUT2D eigenvalue weighted by Crippen LogP contribution is 2.12. The smallest absolute Gasteiger partial charge is 0.119 e. The number of methoxy groups -OCH3 is 1. The average Bonchev–Trinajstić information content (AvgIpc) is 2.06. The van der Waals surface area contributed by atoms with Crippen LogP contribution in [0.1, 0.15) is 18.9 Å². The van der Waals surface area contributed by atoms with Crippen LogP contribution in [0.4, 0.5) is 0 Å². The molecule has 1 aromatic rings. The van der Waals surface area contributed by atoms with Gasteiger partial charge in [-0.25, -0.2) is 0 Å². The fraction of sp³-hybridized carbons (Fsp3) is 0.400. The Morgan fingerprint density at radius 3 is 2.91 bits per heavy atom. The maximum Gasteiger partial charge on any atom is 0.119 e. The van der Waals surface area contributed by atoms with E-state index in [4.69, 9.17) is 4.74 Å². The summed E-state index contributed by atoms with van der Waals surface area (Å²) in [7, 11) is 1.68. The van der Waals surface area contributed by atoms with Crippen LogP contribution in [0.2, 0.25) is 0 Å². The van der Waals surface area contributed by atoms with Gasteiger partial charge in [-0.1, -0.05) is 19.4 Å². The van der Waals surface area contributed by atoms with Crippen molar-refractivity contribution in [2.24, 2.45) is 0 Å². The summed E-state index contributed by atoms with van der Waals surface area (Å²) in [6.45, 7) is 2.17. The molecule has 0 amide bonds. The SMILES string of the molecule is CCCc1c[c]cc(OC)c1. The van der Waals surface area contributed by atoms with E-state index in [1.165, 1.54) is 12.0 Å². The molecule has 0 heterocycles. The van der Waals surface area contributed by atoms with Crippen LogP contribution in [0.5, 0.6) is 5.75 Å². The quantitative estimate of drug-likeness (QED) is 0.641. The molecule has 0 spiro atoms. The fourth-order valence-corrected chi connectivity index (χ4v) is 1.05. The van der Waals surface area contributed by atoms with E-state index in [-0.39, 0.29) is 0 Å². The molecule has 0 unspecified atom stereocenters. The Morgan fingerprint density at radius 2 is 2.27 bits per heavy atom. The molecule has 59 valence electrons. The van der Waals surface area contributed by atoms with Gasteiger partial charge in [0.1, 0.15) is 5.75 Å². The molecule has 0 atom stereocenters. The first kappa shape index (κ1) is 8.12. The van der Waals surface area contributed by atoms with E-state index in [2.05, 4.69) is 19.1 Å². The zero-order valence-electron chi connectivity index (χ0n) is 7.05. The van der Waals surface area contributed by atoms with Gasteiger partial charge in [-0.2, -0.15) is 0 Å². The zero-order chi connectivity index (χ0) is 8.10. The van der Waals surface area contributed by atoms with E-state index in [0.29, 0.717) is 0 Å². The van der Waals surface area contributed by atoms with Gasteiger partial charge in [0.05, 0.1) is 7.11 Å². The Bertz CT molecular complexity index is 218. The second-order valence-corrected chi connectivity index (χ2v) is 2.53. The molecule has 11 heavy (non-hydrogen) atoms. The van der Waals surface area contributed by atoms with Crippen molar-refractivity contribution in [2.75, 3.05) is 7.11 Å². The predicted octanol–water partition coefficient (Wildman–Crippen LogP) is 2.45. The van der Waals surface area contributed by atoms with E-state index < -0.39 is 0 Å². The Hall–Kier alpha value is -0.980. The average molecular weight is 149 g/mol. The third-order valence-electron chi connectivity index (χ3n) is 1.60. The van der Waals surface area contributed by atoms with E-state index in [1.807, 2.05) is 12.1 Å². The molecule has 1 heteroatoms. The summed E-state index contributed by atoms with van der Waals surface area (Å²) < 4.78 is 5.07. The number of rotatable bonds is 3. The minimum absolute atomic E-state index is 0.899. The first-order chi connectivity index (χ1) is 5.36. The molecule has 0 aliphatic carbocycles. The molecular formula is C10H13O. The second-order valence-electron chi connectivity index (χ2n) is 2.53. The summed E-state index contributed by atoms with van der Waals surface area (Å²) in [5, 5.41) is 0. The Labute approximate surface area is 68.0 Å². The molecule has 1 rings (SSSR count). The van der Waals surface area contributed by atoms with Crippen LogP contribution < -0.4 is 4.74 Å². The maximum absolute atomic E-state index is 5.07. The lowest BCUT2D eigenvalue weighted by molar-refractivity contribution is 0.414. The number of hydrogen-bond donors (Lipinski definition) is 0. The lowest BCUT2D eigenvalue weighted by atomic mass is 10.1. The molecule has 0 aliphatic heterocycles. The second kappa shape index (κ2) is 4.02. The molecule has 0 fully saturated rings. The Kier molecular flexibility index (Phi) is 2.96. The lowest BCUT2D eigenvalue weighted by Gasteiger charge is -2.01. The van der Waals surface area contributed by atoms with E-state index in [1.54, 1.807) is 7.11 Å². The van der Waals surface area contributed by atoms with Gasteiger partial charge >= 0.3 is 0 Å². The standard InChI is InChI=1S/C10H13O/c1-3-5-9-6-4-7-10(8-9)11-2/h6-8H,3,5H2,1-2H3. The third kappa shape index (κ3) is 2.26. The third-order valence-corrected chi connectivity index (χ3v) is 1.60. The van der Waals surface area contributed by atoms with Crippen molar-refractivity contribution in [1.29, 1.82) is 0 Å². The van der Waals surface area contributed by atoms with Crippen LogP contribution in [-0.2, 0) is 6.42 Å². The monoisotopic (exact) mass is 149 g/mol. The molecule has 0 bridgehead atoms. The summed E-state index contributed by atoms with van der Waals surface area (Å²) in [5.41, 5.74) is 1.30. The largest absolute Gasteiger partial charge is 0.497 e. The van der Waals surface area contributed by atoms with Gasteiger partial charge < -0.3 is 4.74 Å². The van der Waals surface area contributed by atoms with Crippen molar-refractivity contribution >= 4 is 0 Å². The summed E-state index contributed by atoms with van der Waals surface area (Å²) in [4.78, 5) is 0. The maximum atomic E-state index is 5.07. The molecule has 0 saturated carbocycles. The topological polar surface area (TPSA) is 9.23 Å². The number of hydrogen-bond acceptors (Lipinski definition) is 1. The zero-order valence-corrected chi connectivity index (χ0v) is 7.05. The van der Waals surface area contributed by atoms with Crippen LogP contribution in [-0.4, -0.2) is 7.11 Å². The Morgan fingerprint density at radius 1 is 1.45 bits per heavy atom. The Balaban J connectivity index is 2.74. The molecule has 1 nitrogen and oxygen atoms in total. The van der Waals surface area contributed by atoms with E-state index >= 15 is 0 Å². The van der Waals surface area contributed by atoms with Gasteiger partial charge in [0.25, 0.3) is 0 Å². The van der Waals surface area contributed by atoms with Crippen molar-refractivity contribution in [3.8, 4) is 5.75 Å². The normalized spacial score (nSPS) is 9.64. The number of ether oxygens (including phenoxy) is 1. The van der Waals surface area contributed by atoms with Crippen molar-refractivity contribution < 1.29 is 4.74 Å². The van der Waals surface area contributed by atoms with Crippen LogP contribution >= 0.6 is 0 Å². The molecule has 0 aromatic heterocycles. The summed E-state index contributed by atoms with van der Waals surface area (Å²) in [6, 6.07) is 8.95. The first-order valence-corrected chi connectivity index (χ1v) is 3.91. The van der Waals surface area contributed by atoms with Crippen molar-refractivity contribution in [2.45, 2.75) is 19.8 Å². The van der Waals surface area contributed by atoms with Gasteiger partial charge in [0, 0.05) is 0 Å². The highest BCUT2D eigenvalue weighted by atomic mass is 16.5. The van der Waals surface area contributed by atoms with Gasteiger partial charge in [-0.15, -0.1) is 0 Å². The number of benzene rings is 1. The van der Waals surface area contributed by atoms with Gasteiger partial charge in [-0.3, -0.25) is 0 Å². The first-order valence-electron chi connectivity index (χ1n) is 3.91. The minimum Gasteiger partial charge on any atom is -0.497 e. The van der Waals surface area contributed by atoms with Crippen molar-refractivity contribution in [3.63, 3.8) is 0 Å². The van der Waals surface area contributed by atoms with Crippen LogP contribution in [0.15, 0.2) is 18.2 Å². The molecule has 1 radical (unpaired) electrons. The minimum atomic E-state index is 0.899. The van der Waals surface area contributed by atoms with Crippen LogP contribution in [0, 0.1) is 6.07 Å². The molecular weight excluding hydrogens is 136 g/mol. The fourth-order valence-electron chi connectivity index (χ4n) is 1.05. The van der Waals surface area contributed by atoms with Crippen LogP contribution in [0.25, 0.3) is 0 Å². The van der Waals surface area contributed by atoms with Crippen LogP contribution in [0.3, 0.4) is 0 Å². The predicted molar refractivity (Wildman–Crippen MR) is 45.8 cm³/mol. The molecule has 0 aliphatic rings. The van der Waals surface area contributed by atoms with Gasteiger partial charge in [-0.05, 0) is 30.2 Å². The summed E-state index contributed by atoms with van der Waals surface area (Å²) in [5.74, 6) is 0.899. The summed E-state index contributed by atoms with van der Waals surface area (Å²) in [6.07, 6.45) is 2.27. The van der Waals surface area contributed by atoms with Crippen molar-refractivity contribution in [3.05, 3.63) is 29.8 Å². The van der Waals surface area contributed by atoms with E-state index in [0.717, 1.165) is 12.2 Å². The van der Waals surface area contributed by atoms with Gasteiger partial charge in [0.2, 0.25) is 0 Å². The number of aryl methyl sites for hydroxylation is 1. The van der Waals surface area contributed by atoms with E-state index in [9.17, 15) is 0 Å². The molecule has 0 N–H and O–H groups in total. The van der Waals surface area contributed by atoms with Gasteiger partial charge in [0.15, 0.2) is 0 Å². The molecule has 0 saturated heterocycles. The highest BCUT2D eigenvalue weighted by Gasteiger charge is 1.93. The lowest BCUT2D eigenvalue weighted by Crippen LogP contribution is -1.86. The molecule has 1 aromatic carbocycles.